The lowest BCUT2D eigenvalue weighted by Gasteiger charge is -2.17. The molecular weight excluding hydrogens is 484 g/mol. The minimum absolute atomic E-state index is 0.0235. The van der Waals surface area contributed by atoms with Crippen LogP contribution in [0.25, 0.3) is 0 Å². The van der Waals surface area contributed by atoms with Crippen molar-refractivity contribution in [1.29, 1.82) is 0 Å². The molecule has 0 amide bonds. The number of hydrogen-bond donors (Lipinski definition) is 1. The molecule has 0 heterocycles. The predicted molar refractivity (Wildman–Crippen MR) is 167 cm³/mol. The van der Waals surface area contributed by atoms with Crippen LogP contribution in [-0.2, 0) is 14.3 Å². The summed E-state index contributed by atoms with van der Waals surface area (Å²) in [6.07, 6.45) is 36.0. The normalized spacial score (nSPS) is 12.1. The van der Waals surface area contributed by atoms with Crippen molar-refractivity contribution in [3.05, 3.63) is 0 Å². The molecule has 0 saturated carbocycles. The molecule has 39 heavy (non-hydrogen) atoms. The SMILES string of the molecule is CCCCCCCCCCCCCCCCC(=O)OC(CCC)CCCCCCCCCCCCCC(=O)O. The Kier molecular flexibility index (Phi) is 30.6. The highest BCUT2D eigenvalue weighted by molar-refractivity contribution is 5.69. The fourth-order valence-electron chi connectivity index (χ4n) is 5.53. The number of ether oxygens (including phenoxy) is 1. The summed E-state index contributed by atoms with van der Waals surface area (Å²) in [5.41, 5.74) is 0. The average Bonchev–Trinajstić information content (AvgIpc) is 2.91. The second-order valence-corrected chi connectivity index (χ2v) is 12.1. The summed E-state index contributed by atoms with van der Waals surface area (Å²) in [5.74, 6) is -0.648. The van der Waals surface area contributed by atoms with E-state index in [1.165, 1.54) is 135 Å². The van der Waals surface area contributed by atoms with Gasteiger partial charge in [0.25, 0.3) is 0 Å². The number of carbonyl (C=O) groups excluding carboxylic acids is 1. The van der Waals surface area contributed by atoms with Crippen molar-refractivity contribution in [2.45, 2.75) is 213 Å². The molecule has 0 aliphatic heterocycles. The minimum Gasteiger partial charge on any atom is -0.481 e. The largest absolute Gasteiger partial charge is 0.481 e. The van der Waals surface area contributed by atoms with E-state index in [0.29, 0.717) is 12.8 Å². The van der Waals surface area contributed by atoms with Crippen LogP contribution in [0.3, 0.4) is 0 Å². The van der Waals surface area contributed by atoms with E-state index < -0.39 is 5.97 Å². The first kappa shape index (κ1) is 37.9. The van der Waals surface area contributed by atoms with Crippen LogP contribution >= 0.6 is 0 Å². The Morgan fingerprint density at radius 1 is 0.462 bits per heavy atom. The van der Waals surface area contributed by atoms with E-state index in [4.69, 9.17) is 9.84 Å². The number of carboxylic acid groups (broad SMARTS) is 1. The highest BCUT2D eigenvalue weighted by Gasteiger charge is 2.13. The maximum Gasteiger partial charge on any atom is 0.306 e. The summed E-state index contributed by atoms with van der Waals surface area (Å²) in [5, 5.41) is 8.65. The Bertz CT molecular complexity index is 519. The van der Waals surface area contributed by atoms with Crippen LogP contribution < -0.4 is 0 Å². The molecule has 0 saturated heterocycles. The molecule has 232 valence electrons. The zero-order valence-electron chi connectivity index (χ0n) is 26.5. The molecule has 0 rings (SSSR count). The number of unbranched alkanes of at least 4 members (excludes halogenated alkanes) is 23. The van der Waals surface area contributed by atoms with Crippen LogP contribution in [0, 0.1) is 0 Å². The summed E-state index contributed by atoms with van der Waals surface area (Å²) in [6, 6.07) is 0. The number of carbonyl (C=O) groups is 2. The van der Waals surface area contributed by atoms with Crippen LogP contribution in [0.1, 0.15) is 206 Å². The van der Waals surface area contributed by atoms with E-state index in [1.54, 1.807) is 0 Å². The summed E-state index contributed by atoms with van der Waals surface area (Å²) < 4.78 is 5.85. The third-order valence-corrected chi connectivity index (χ3v) is 8.06. The van der Waals surface area contributed by atoms with Gasteiger partial charge < -0.3 is 9.84 Å². The number of rotatable bonds is 32. The van der Waals surface area contributed by atoms with Crippen LogP contribution in [-0.4, -0.2) is 23.1 Å². The summed E-state index contributed by atoms with van der Waals surface area (Å²) >= 11 is 0. The number of carboxylic acids is 1. The molecule has 4 heteroatoms. The Morgan fingerprint density at radius 3 is 1.21 bits per heavy atom. The lowest BCUT2D eigenvalue weighted by atomic mass is 10.0. The highest BCUT2D eigenvalue weighted by Crippen LogP contribution is 2.17. The van der Waals surface area contributed by atoms with Crippen molar-refractivity contribution in [1.82, 2.24) is 0 Å². The monoisotopic (exact) mass is 553 g/mol. The number of esters is 1. The molecule has 4 nitrogen and oxygen atoms in total. The minimum atomic E-state index is -0.672. The predicted octanol–water partition coefficient (Wildman–Crippen LogP) is 11.7. The van der Waals surface area contributed by atoms with Gasteiger partial charge in [-0.2, -0.15) is 0 Å². The maximum absolute atomic E-state index is 12.3. The molecular formula is C35H68O4. The van der Waals surface area contributed by atoms with Crippen LogP contribution in [0.15, 0.2) is 0 Å². The lowest BCUT2D eigenvalue weighted by molar-refractivity contribution is -0.150. The van der Waals surface area contributed by atoms with Crippen LogP contribution in [0.2, 0.25) is 0 Å². The molecule has 0 aliphatic carbocycles. The maximum atomic E-state index is 12.3. The van der Waals surface area contributed by atoms with Crippen LogP contribution in [0.5, 0.6) is 0 Å². The fourth-order valence-corrected chi connectivity index (χ4v) is 5.53. The van der Waals surface area contributed by atoms with Gasteiger partial charge in [-0.3, -0.25) is 9.59 Å². The lowest BCUT2D eigenvalue weighted by Crippen LogP contribution is -2.18. The third-order valence-electron chi connectivity index (χ3n) is 8.06. The molecule has 0 fully saturated rings. The molecule has 0 bridgehead atoms. The standard InChI is InChI=1S/C35H68O4/c1-3-5-6-7-8-9-10-11-12-16-19-22-25-28-32-35(38)39-33(29-4-2)30-26-23-20-17-14-13-15-18-21-24-27-31-34(36)37/h33H,3-32H2,1-2H3,(H,36,37). The van der Waals surface area contributed by atoms with Crippen molar-refractivity contribution in [3.63, 3.8) is 0 Å². The first-order valence-corrected chi connectivity index (χ1v) is 17.5. The molecule has 0 spiro atoms. The molecule has 0 aromatic carbocycles. The molecule has 1 N–H and O–H groups in total. The number of aliphatic carboxylic acids is 1. The Morgan fingerprint density at radius 2 is 0.821 bits per heavy atom. The third kappa shape index (κ3) is 31.3. The van der Waals surface area contributed by atoms with Crippen molar-refractivity contribution < 1.29 is 19.4 Å². The second kappa shape index (κ2) is 31.5. The van der Waals surface area contributed by atoms with E-state index in [-0.39, 0.29) is 12.1 Å². The Balaban J connectivity index is 3.52. The van der Waals surface area contributed by atoms with Gasteiger partial charge in [-0.25, -0.2) is 0 Å². The molecule has 0 aromatic heterocycles. The fraction of sp³-hybridized carbons (Fsp3) is 0.943. The topological polar surface area (TPSA) is 63.6 Å². The molecule has 1 atom stereocenters. The van der Waals surface area contributed by atoms with E-state index in [0.717, 1.165) is 44.9 Å². The average molecular weight is 553 g/mol. The van der Waals surface area contributed by atoms with Crippen molar-refractivity contribution in [2.24, 2.45) is 0 Å². The van der Waals surface area contributed by atoms with Gasteiger partial charge in [0.05, 0.1) is 0 Å². The zero-order chi connectivity index (χ0) is 28.7. The molecule has 0 radical (unpaired) electrons. The van der Waals surface area contributed by atoms with Gasteiger partial charge in [0.2, 0.25) is 0 Å². The zero-order valence-corrected chi connectivity index (χ0v) is 26.5. The van der Waals surface area contributed by atoms with Gasteiger partial charge in [0.1, 0.15) is 6.10 Å². The summed E-state index contributed by atoms with van der Waals surface area (Å²) in [4.78, 5) is 22.8. The van der Waals surface area contributed by atoms with Crippen molar-refractivity contribution in [2.75, 3.05) is 0 Å². The first-order chi connectivity index (χ1) is 19.1. The van der Waals surface area contributed by atoms with Crippen molar-refractivity contribution in [3.8, 4) is 0 Å². The van der Waals surface area contributed by atoms with Gasteiger partial charge >= 0.3 is 11.9 Å². The van der Waals surface area contributed by atoms with Crippen molar-refractivity contribution >= 4 is 11.9 Å². The molecule has 1 unspecified atom stereocenters. The number of hydrogen-bond acceptors (Lipinski definition) is 3. The van der Waals surface area contributed by atoms with Gasteiger partial charge in [-0.15, -0.1) is 0 Å². The van der Waals surface area contributed by atoms with Crippen LogP contribution in [0.4, 0.5) is 0 Å². The summed E-state index contributed by atoms with van der Waals surface area (Å²) in [7, 11) is 0. The van der Waals surface area contributed by atoms with E-state index in [9.17, 15) is 9.59 Å². The van der Waals surface area contributed by atoms with E-state index >= 15 is 0 Å². The summed E-state index contributed by atoms with van der Waals surface area (Å²) in [6.45, 7) is 4.46. The molecule has 0 aliphatic rings. The van der Waals surface area contributed by atoms with E-state index in [2.05, 4.69) is 13.8 Å². The quantitative estimate of drug-likeness (QED) is 0.0665. The van der Waals surface area contributed by atoms with Gasteiger partial charge in [0.15, 0.2) is 0 Å². The molecule has 0 aromatic rings. The second-order valence-electron chi connectivity index (χ2n) is 12.1. The Labute approximate surface area is 243 Å². The van der Waals surface area contributed by atoms with Gasteiger partial charge in [-0.1, -0.05) is 162 Å². The first-order valence-electron chi connectivity index (χ1n) is 17.5. The smallest absolute Gasteiger partial charge is 0.306 e. The Hall–Kier alpha value is -1.06. The highest BCUT2D eigenvalue weighted by atomic mass is 16.5. The van der Waals surface area contributed by atoms with E-state index in [1.807, 2.05) is 0 Å². The van der Waals surface area contributed by atoms with Gasteiger partial charge in [-0.05, 0) is 32.1 Å². The van der Waals surface area contributed by atoms with Gasteiger partial charge in [0, 0.05) is 12.8 Å².